The van der Waals surface area contributed by atoms with Gasteiger partial charge in [0.05, 0.1) is 18.4 Å². The third-order valence-corrected chi connectivity index (χ3v) is 1.90. The molecule has 2 heterocycles. The molecule has 4 N–H and O–H groups in total. The lowest BCUT2D eigenvalue weighted by atomic mass is 10.3. The Morgan fingerprint density at radius 2 is 2.31 bits per heavy atom. The molecule has 0 unspecified atom stereocenters. The summed E-state index contributed by atoms with van der Waals surface area (Å²) in [6, 6.07) is 3.18. The van der Waals surface area contributed by atoms with Crippen LogP contribution >= 0.6 is 0 Å². The van der Waals surface area contributed by atoms with E-state index in [1.165, 1.54) is 12.5 Å². The molecule has 0 radical (unpaired) electrons. The van der Waals surface area contributed by atoms with Gasteiger partial charge in [-0.3, -0.25) is 9.89 Å². The quantitative estimate of drug-likeness (QED) is 0.655. The van der Waals surface area contributed by atoms with Crippen LogP contribution in [0.25, 0.3) is 0 Å². The van der Waals surface area contributed by atoms with Crippen LogP contribution in [0.4, 0.5) is 5.69 Å². The summed E-state index contributed by atoms with van der Waals surface area (Å²) >= 11 is 0. The third kappa shape index (κ3) is 2.32. The summed E-state index contributed by atoms with van der Waals surface area (Å²) in [6.45, 7) is 0.283. The number of nitrogens with zero attached hydrogens (tertiary/aromatic N) is 3. The predicted octanol–water partition coefficient (Wildman–Crippen LogP) is -0.288. The fourth-order valence-corrected chi connectivity index (χ4v) is 1.11. The van der Waals surface area contributed by atoms with E-state index in [0.29, 0.717) is 17.2 Å². The predicted molar refractivity (Wildman–Crippen MR) is 56.2 cm³/mol. The maximum atomic E-state index is 11.6. The highest BCUT2D eigenvalue weighted by molar-refractivity contribution is 5.92. The summed E-state index contributed by atoms with van der Waals surface area (Å²) in [7, 11) is 0. The number of anilines is 1. The first-order valence-corrected chi connectivity index (χ1v) is 4.59. The monoisotopic (exact) mass is 218 g/mol. The van der Waals surface area contributed by atoms with E-state index in [9.17, 15) is 4.79 Å². The summed E-state index contributed by atoms with van der Waals surface area (Å²) in [4.78, 5) is 19.3. The van der Waals surface area contributed by atoms with Crippen LogP contribution in [0, 0.1) is 0 Å². The number of nitrogens with two attached hydrogens (primary N) is 1. The molecule has 82 valence electrons. The second kappa shape index (κ2) is 4.39. The van der Waals surface area contributed by atoms with Crippen LogP contribution in [0.1, 0.15) is 16.3 Å². The van der Waals surface area contributed by atoms with Crippen LogP contribution < -0.4 is 11.1 Å². The van der Waals surface area contributed by atoms with Crippen LogP contribution in [-0.4, -0.2) is 26.1 Å². The summed E-state index contributed by atoms with van der Waals surface area (Å²) in [6.07, 6.45) is 2.81. The number of aromatic nitrogens is 4. The van der Waals surface area contributed by atoms with Crippen molar-refractivity contribution in [2.45, 2.75) is 6.54 Å². The molecule has 2 rings (SSSR count). The fraction of sp³-hybridized carbons (Fsp3) is 0.111. The maximum absolute atomic E-state index is 11.6. The zero-order chi connectivity index (χ0) is 11.4. The third-order valence-electron chi connectivity index (χ3n) is 1.90. The van der Waals surface area contributed by atoms with Gasteiger partial charge in [-0.15, -0.1) is 0 Å². The van der Waals surface area contributed by atoms with Gasteiger partial charge >= 0.3 is 0 Å². The normalized spacial score (nSPS) is 10.0. The van der Waals surface area contributed by atoms with E-state index in [2.05, 4.69) is 25.5 Å². The molecule has 2 aromatic rings. The smallest absolute Gasteiger partial charge is 0.270 e. The van der Waals surface area contributed by atoms with Crippen LogP contribution in [0.15, 0.2) is 24.7 Å². The molecule has 0 aliphatic heterocycles. The summed E-state index contributed by atoms with van der Waals surface area (Å²) in [5, 5.41) is 8.95. The van der Waals surface area contributed by atoms with E-state index >= 15 is 0 Å². The summed E-state index contributed by atoms with van der Waals surface area (Å²) in [5.41, 5.74) is 6.29. The molecule has 0 fully saturated rings. The molecule has 0 spiro atoms. The van der Waals surface area contributed by atoms with Crippen molar-refractivity contribution in [1.82, 2.24) is 25.5 Å². The number of aromatic amines is 1. The van der Waals surface area contributed by atoms with Crippen molar-refractivity contribution < 1.29 is 4.79 Å². The van der Waals surface area contributed by atoms with Gasteiger partial charge in [0.2, 0.25) is 0 Å². The number of H-pyrrole nitrogens is 1. The fourth-order valence-electron chi connectivity index (χ4n) is 1.11. The molecule has 0 saturated carbocycles. The standard InChI is InChI=1S/C9H10N6O/c10-6-1-2-7(11-3-6)9(16)12-4-8-13-5-14-15-8/h1-3,5H,4,10H2,(H,12,16)(H,13,14,15). The lowest BCUT2D eigenvalue weighted by molar-refractivity contribution is 0.0945. The highest BCUT2D eigenvalue weighted by atomic mass is 16.1. The molecular formula is C9H10N6O. The Balaban J connectivity index is 1.95. The zero-order valence-electron chi connectivity index (χ0n) is 8.34. The number of carbonyl (C=O) groups excluding carboxylic acids is 1. The van der Waals surface area contributed by atoms with Gasteiger partial charge in [0.25, 0.3) is 5.91 Å². The van der Waals surface area contributed by atoms with Crippen LogP contribution in [0.2, 0.25) is 0 Å². The number of nitrogens with one attached hydrogen (secondary N) is 2. The minimum absolute atomic E-state index is 0.281. The molecule has 0 aromatic carbocycles. The van der Waals surface area contributed by atoms with Gasteiger partial charge in [-0.1, -0.05) is 0 Å². The SMILES string of the molecule is Nc1ccc(C(=O)NCc2ncn[nH]2)nc1. The van der Waals surface area contributed by atoms with Crippen LogP contribution in [-0.2, 0) is 6.54 Å². The highest BCUT2D eigenvalue weighted by Crippen LogP contribution is 2.00. The second-order valence-electron chi connectivity index (χ2n) is 3.09. The lowest BCUT2D eigenvalue weighted by Gasteiger charge is -2.02. The Labute approximate surface area is 91.1 Å². The van der Waals surface area contributed by atoms with Crippen LogP contribution in [0.5, 0.6) is 0 Å². The number of amides is 1. The highest BCUT2D eigenvalue weighted by Gasteiger charge is 2.06. The molecule has 0 atom stereocenters. The lowest BCUT2D eigenvalue weighted by Crippen LogP contribution is -2.24. The van der Waals surface area contributed by atoms with Crippen molar-refractivity contribution in [2.24, 2.45) is 0 Å². The first-order chi connectivity index (χ1) is 7.75. The van der Waals surface area contributed by atoms with Crippen molar-refractivity contribution in [2.75, 3.05) is 5.73 Å². The largest absolute Gasteiger partial charge is 0.397 e. The Hall–Kier alpha value is -2.44. The van der Waals surface area contributed by atoms with Gasteiger partial charge in [-0.25, -0.2) is 9.97 Å². The van der Waals surface area contributed by atoms with E-state index in [4.69, 9.17) is 5.73 Å². The van der Waals surface area contributed by atoms with Gasteiger partial charge in [-0.05, 0) is 12.1 Å². The molecular weight excluding hydrogens is 208 g/mol. The van der Waals surface area contributed by atoms with Gasteiger partial charge in [0, 0.05) is 0 Å². The van der Waals surface area contributed by atoms with E-state index < -0.39 is 0 Å². The molecule has 2 aromatic heterocycles. The minimum atomic E-state index is -0.281. The topological polar surface area (TPSA) is 110 Å². The molecule has 0 aliphatic carbocycles. The molecule has 16 heavy (non-hydrogen) atoms. The molecule has 7 nitrogen and oxygen atoms in total. The Morgan fingerprint density at radius 1 is 1.44 bits per heavy atom. The average Bonchev–Trinajstić information content (AvgIpc) is 2.80. The van der Waals surface area contributed by atoms with Crippen molar-refractivity contribution in [1.29, 1.82) is 0 Å². The van der Waals surface area contributed by atoms with E-state index in [1.807, 2.05) is 0 Å². The molecule has 0 bridgehead atoms. The van der Waals surface area contributed by atoms with Gasteiger partial charge in [-0.2, -0.15) is 5.10 Å². The minimum Gasteiger partial charge on any atom is -0.397 e. The summed E-state index contributed by atoms with van der Waals surface area (Å²) < 4.78 is 0. The van der Waals surface area contributed by atoms with Crippen LogP contribution in [0.3, 0.4) is 0 Å². The number of carbonyl (C=O) groups is 1. The van der Waals surface area contributed by atoms with Gasteiger partial charge in [0.15, 0.2) is 0 Å². The number of nitrogen functional groups attached to an aromatic ring is 1. The first-order valence-electron chi connectivity index (χ1n) is 4.59. The molecule has 0 aliphatic rings. The van der Waals surface area contributed by atoms with Crippen molar-refractivity contribution >= 4 is 11.6 Å². The van der Waals surface area contributed by atoms with Crippen molar-refractivity contribution in [3.8, 4) is 0 Å². The van der Waals surface area contributed by atoms with Crippen molar-refractivity contribution in [3.05, 3.63) is 36.2 Å². The van der Waals surface area contributed by atoms with Gasteiger partial charge < -0.3 is 11.1 Å². The van der Waals surface area contributed by atoms with E-state index in [1.54, 1.807) is 12.1 Å². The Kier molecular flexibility index (Phi) is 2.77. The Morgan fingerprint density at radius 3 is 2.94 bits per heavy atom. The second-order valence-corrected chi connectivity index (χ2v) is 3.09. The zero-order valence-corrected chi connectivity index (χ0v) is 8.34. The average molecular weight is 218 g/mol. The maximum Gasteiger partial charge on any atom is 0.270 e. The number of hydrogen-bond donors (Lipinski definition) is 3. The molecule has 0 saturated heterocycles. The number of pyridine rings is 1. The molecule has 7 heteroatoms. The van der Waals surface area contributed by atoms with Crippen molar-refractivity contribution in [3.63, 3.8) is 0 Å². The van der Waals surface area contributed by atoms with E-state index in [0.717, 1.165) is 0 Å². The number of hydrogen-bond acceptors (Lipinski definition) is 5. The first kappa shape index (κ1) is 10.1. The van der Waals surface area contributed by atoms with E-state index in [-0.39, 0.29) is 12.5 Å². The molecule has 1 amide bonds. The van der Waals surface area contributed by atoms with Gasteiger partial charge in [0.1, 0.15) is 17.8 Å². The summed E-state index contributed by atoms with van der Waals surface area (Å²) in [5.74, 6) is 0.306. The number of rotatable bonds is 3. The Bertz CT molecular complexity index is 463.